The van der Waals surface area contributed by atoms with Crippen molar-refractivity contribution in [3.05, 3.63) is 65.5 Å². The lowest BCUT2D eigenvalue weighted by molar-refractivity contribution is 0.300. The van der Waals surface area contributed by atoms with Gasteiger partial charge in [-0.1, -0.05) is 30.3 Å². The normalized spacial score (nSPS) is 14.2. The van der Waals surface area contributed by atoms with E-state index in [-0.39, 0.29) is 11.9 Å². The molecular formula is C19H24FNO2S. The lowest BCUT2D eigenvalue weighted by Crippen LogP contribution is -2.35. The molecule has 0 aliphatic rings. The molecule has 0 fully saturated rings. The molecule has 0 saturated heterocycles. The maximum atomic E-state index is 13.7. The Morgan fingerprint density at radius 2 is 1.83 bits per heavy atom. The molecule has 0 spiro atoms. The van der Waals surface area contributed by atoms with Gasteiger partial charge in [0.2, 0.25) is 0 Å². The van der Waals surface area contributed by atoms with Crippen molar-refractivity contribution in [3.63, 3.8) is 0 Å². The van der Waals surface area contributed by atoms with Crippen LogP contribution in [0.25, 0.3) is 0 Å². The van der Waals surface area contributed by atoms with E-state index >= 15 is 0 Å². The largest absolute Gasteiger partial charge is 0.489 e. The molecule has 130 valence electrons. The molecule has 2 atom stereocenters. The fraction of sp³-hybridized carbons (Fsp3) is 0.368. The van der Waals surface area contributed by atoms with Crippen LogP contribution in [0.3, 0.4) is 0 Å². The summed E-state index contributed by atoms with van der Waals surface area (Å²) in [6, 6.07) is 13.9. The van der Waals surface area contributed by atoms with E-state index in [1.54, 1.807) is 6.07 Å². The van der Waals surface area contributed by atoms with Gasteiger partial charge < -0.3 is 4.74 Å². The number of halogens is 1. The number of benzene rings is 2. The van der Waals surface area contributed by atoms with Crippen molar-refractivity contribution in [3.8, 4) is 5.75 Å². The van der Waals surface area contributed by atoms with Gasteiger partial charge in [-0.3, -0.25) is 0 Å². The monoisotopic (exact) mass is 349 g/mol. The minimum Gasteiger partial charge on any atom is -0.489 e. The summed E-state index contributed by atoms with van der Waals surface area (Å²) < 4.78 is 34.5. The fourth-order valence-electron chi connectivity index (χ4n) is 2.13. The van der Waals surface area contributed by atoms with Crippen LogP contribution in [0.15, 0.2) is 48.5 Å². The van der Waals surface area contributed by atoms with Crippen molar-refractivity contribution in [1.29, 1.82) is 0 Å². The van der Waals surface area contributed by atoms with E-state index in [0.29, 0.717) is 17.9 Å². The fourth-order valence-corrected chi connectivity index (χ4v) is 2.93. The number of nitrogens with one attached hydrogen (secondary N) is 1. The van der Waals surface area contributed by atoms with Crippen LogP contribution in [0, 0.1) is 5.82 Å². The lowest BCUT2D eigenvalue weighted by atomic mass is 10.1. The zero-order valence-electron chi connectivity index (χ0n) is 14.5. The molecule has 0 heterocycles. The Morgan fingerprint density at radius 1 is 1.17 bits per heavy atom. The predicted octanol–water partition coefficient (Wildman–Crippen LogP) is 4.52. The SMILES string of the molecule is CC(NS(=O)C(C)(C)C)c1cc(F)ccc1OCc1ccccc1. The van der Waals surface area contributed by atoms with Crippen molar-refractivity contribution in [2.24, 2.45) is 0 Å². The van der Waals surface area contributed by atoms with Crippen LogP contribution in [-0.4, -0.2) is 8.96 Å². The van der Waals surface area contributed by atoms with Crippen LogP contribution in [0.4, 0.5) is 4.39 Å². The summed E-state index contributed by atoms with van der Waals surface area (Å²) >= 11 is 0. The standard InChI is InChI=1S/C19H24FNO2S/c1-14(21-24(22)19(2,3)4)17-12-16(20)10-11-18(17)23-13-15-8-6-5-7-9-15/h5-12,14,21H,13H2,1-4H3. The van der Waals surface area contributed by atoms with Gasteiger partial charge in [0, 0.05) is 11.6 Å². The van der Waals surface area contributed by atoms with Crippen molar-refractivity contribution < 1.29 is 13.3 Å². The number of hydrogen-bond acceptors (Lipinski definition) is 2. The number of hydrogen-bond donors (Lipinski definition) is 1. The molecule has 0 bridgehead atoms. The third-order valence-electron chi connectivity index (χ3n) is 3.52. The van der Waals surface area contributed by atoms with E-state index in [2.05, 4.69) is 4.72 Å². The Morgan fingerprint density at radius 3 is 2.46 bits per heavy atom. The molecule has 0 aliphatic carbocycles. The summed E-state index contributed by atoms with van der Waals surface area (Å²) in [6.07, 6.45) is 0. The first-order valence-electron chi connectivity index (χ1n) is 7.91. The number of rotatable bonds is 6. The van der Waals surface area contributed by atoms with Gasteiger partial charge in [-0.25, -0.2) is 13.3 Å². The van der Waals surface area contributed by atoms with Crippen molar-refractivity contribution in [1.82, 2.24) is 4.72 Å². The Bertz CT molecular complexity index is 698. The summed E-state index contributed by atoms with van der Waals surface area (Å²) in [5.41, 5.74) is 1.69. The molecule has 2 aromatic carbocycles. The highest BCUT2D eigenvalue weighted by Gasteiger charge is 2.23. The summed E-state index contributed by atoms with van der Waals surface area (Å²) in [5, 5.41) is 0. The Hall–Kier alpha value is -1.72. The van der Waals surface area contributed by atoms with Gasteiger partial charge in [-0.15, -0.1) is 0 Å². The Labute approximate surface area is 145 Å². The molecule has 24 heavy (non-hydrogen) atoms. The minimum atomic E-state index is -1.25. The first kappa shape index (κ1) is 18.6. The first-order valence-corrected chi connectivity index (χ1v) is 9.06. The van der Waals surface area contributed by atoms with Gasteiger partial charge in [0.05, 0.1) is 15.7 Å². The third-order valence-corrected chi connectivity index (χ3v) is 5.20. The van der Waals surface area contributed by atoms with Gasteiger partial charge in [-0.05, 0) is 51.5 Å². The quantitative estimate of drug-likeness (QED) is 0.833. The topological polar surface area (TPSA) is 38.3 Å². The van der Waals surface area contributed by atoms with E-state index in [1.165, 1.54) is 12.1 Å². The molecule has 0 aromatic heterocycles. The molecular weight excluding hydrogens is 325 g/mol. The van der Waals surface area contributed by atoms with Gasteiger partial charge in [-0.2, -0.15) is 0 Å². The molecule has 1 N–H and O–H groups in total. The summed E-state index contributed by atoms with van der Waals surface area (Å²) in [5.74, 6) is 0.249. The molecule has 2 aromatic rings. The highest BCUT2D eigenvalue weighted by Crippen LogP contribution is 2.28. The van der Waals surface area contributed by atoms with Crippen molar-refractivity contribution in [2.45, 2.75) is 45.1 Å². The van der Waals surface area contributed by atoms with E-state index < -0.39 is 15.7 Å². The molecule has 3 nitrogen and oxygen atoms in total. The second-order valence-electron chi connectivity index (χ2n) is 6.68. The second kappa shape index (κ2) is 7.90. The Balaban J connectivity index is 2.16. The zero-order chi connectivity index (χ0) is 17.7. The average molecular weight is 349 g/mol. The van der Waals surface area contributed by atoms with Crippen molar-refractivity contribution >= 4 is 11.0 Å². The molecule has 0 radical (unpaired) electrons. The maximum absolute atomic E-state index is 13.7. The van der Waals surface area contributed by atoms with Gasteiger partial charge in [0.15, 0.2) is 0 Å². The zero-order valence-corrected chi connectivity index (χ0v) is 15.3. The van der Waals surface area contributed by atoms with Crippen LogP contribution in [-0.2, 0) is 17.6 Å². The maximum Gasteiger partial charge on any atom is 0.124 e. The van der Waals surface area contributed by atoms with Crippen LogP contribution < -0.4 is 9.46 Å². The van der Waals surface area contributed by atoms with Crippen LogP contribution in [0.5, 0.6) is 5.75 Å². The minimum absolute atomic E-state index is 0.300. The van der Waals surface area contributed by atoms with E-state index in [1.807, 2.05) is 58.0 Å². The highest BCUT2D eigenvalue weighted by atomic mass is 32.2. The summed E-state index contributed by atoms with van der Waals surface area (Å²) in [6.45, 7) is 7.92. The van der Waals surface area contributed by atoms with E-state index in [0.717, 1.165) is 5.56 Å². The first-order chi connectivity index (χ1) is 11.3. The second-order valence-corrected chi connectivity index (χ2v) is 8.67. The Kier molecular flexibility index (Phi) is 6.13. The van der Waals surface area contributed by atoms with E-state index in [9.17, 15) is 8.60 Å². The summed E-state index contributed by atoms with van der Waals surface area (Å²) in [7, 11) is -1.25. The third kappa shape index (κ3) is 5.14. The van der Waals surface area contributed by atoms with Crippen LogP contribution in [0.2, 0.25) is 0 Å². The predicted molar refractivity (Wildman–Crippen MR) is 96.6 cm³/mol. The summed E-state index contributed by atoms with van der Waals surface area (Å²) in [4.78, 5) is 0. The number of ether oxygens (including phenoxy) is 1. The molecule has 2 unspecified atom stereocenters. The van der Waals surface area contributed by atoms with Crippen LogP contribution in [0.1, 0.15) is 44.9 Å². The molecule has 0 saturated carbocycles. The van der Waals surface area contributed by atoms with Gasteiger partial charge >= 0.3 is 0 Å². The van der Waals surface area contributed by atoms with Gasteiger partial charge in [0.1, 0.15) is 18.2 Å². The van der Waals surface area contributed by atoms with Crippen LogP contribution >= 0.6 is 0 Å². The molecule has 2 rings (SSSR count). The molecule has 0 aliphatic heterocycles. The lowest BCUT2D eigenvalue weighted by Gasteiger charge is -2.23. The van der Waals surface area contributed by atoms with Crippen molar-refractivity contribution in [2.75, 3.05) is 0 Å². The highest BCUT2D eigenvalue weighted by molar-refractivity contribution is 7.84. The average Bonchev–Trinajstić information content (AvgIpc) is 2.53. The van der Waals surface area contributed by atoms with Gasteiger partial charge in [0.25, 0.3) is 0 Å². The smallest absolute Gasteiger partial charge is 0.124 e. The van der Waals surface area contributed by atoms with E-state index in [4.69, 9.17) is 4.74 Å². The molecule has 5 heteroatoms. The molecule has 0 amide bonds.